The lowest BCUT2D eigenvalue weighted by molar-refractivity contribution is 0.122. The smallest absolute Gasteiger partial charge is 0.254 e. The first kappa shape index (κ1) is 18.8. The van der Waals surface area contributed by atoms with E-state index in [-0.39, 0.29) is 0 Å². The fourth-order valence-electron chi connectivity index (χ4n) is 3.53. The van der Waals surface area contributed by atoms with Gasteiger partial charge >= 0.3 is 0 Å². The Kier molecular flexibility index (Phi) is 4.97. The normalized spacial score (nSPS) is 14.3. The van der Waals surface area contributed by atoms with E-state index < -0.39 is 0 Å². The Bertz CT molecular complexity index is 1150. The van der Waals surface area contributed by atoms with Gasteiger partial charge in [-0.05, 0) is 30.5 Å². The molecule has 0 bridgehead atoms. The van der Waals surface area contributed by atoms with Crippen LogP contribution >= 0.6 is 11.3 Å². The predicted octanol–water partition coefficient (Wildman–Crippen LogP) is 4.27. The molecule has 30 heavy (non-hydrogen) atoms. The van der Waals surface area contributed by atoms with Crippen molar-refractivity contribution in [3.63, 3.8) is 0 Å². The lowest BCUT2D eigenvalue weighted by Gasteiger charge is -2.29. The van der Waals surface area contributed by atoms with E-state index in [2.05, 4.69) is 20.3 Å². The highest BCUT2D eigenvalue weighted by atomic mass is 32.1. The molecule has 0 radical (unpaired) electrons. The Balaban J connectivity index is 1.50. The molecule has 1 aliphatic rings. The Morgan fingerprint density at radius 3 is 2.70 bits per heavy atom. The van der Waals surface area contributed by atoms with Gasteiger partial charge in [-0.3, -0.25) is 0 Å². The van der Waals surface area contributed by atoms with Crippen LogP contribution in [-0.4, -0.2) is 48.8 Å². The Labute approximate surface area is 177 Å². The van der Waals surface area contributed by atoms with Crippen LogP contribution in [-0.2, 0) is 4.74 Å². The van der Waals surface area contributed by atoms with E-state index in [9.17, 15) is 0 Å². The highest BCUT2D eigenvalue weighted by Crippen LogP contribution is 2.38. The highest BCUT2D eigenvalue weighted by molar-refractivity contribution is 7.08. The molecular weight excluding hydrogens is 404 g/mol. The molecule has 8 nitrogen and oxygen atoms in total. The van der Waals surface area contributed by atoms with Crippen LogP contribution in [0.15, 0.2) is 44.0 Å². The van der Waals surface area contributed by atoms with Gasteiger partial charge in [0.25, 0.3) is 11.8 Å². The van der Waals surface area contributed by atoms with Crippen LogP contribution in [0.3, 0.4) is 0 Å². The minimum atomic E-state index is 0.365. The summed E-state index contributed by atoms with van der Waals surface area (Å²) in [5.74, 6) is 2.05. The molecule has 0 saturated carbocycles. The van der Waals surface area contributed by atoms with E-state index in [1.165, 1.54) is 0 Å². The van der Waals surface area contributed by atoms with Gasteiger partial charge in [0.05, 0.1) is 25.9 Å². The summed E-state index contributed by atoms with van der Waals surface area (Å²) in [7, 11) is 1.64. The summed E-state index contributed by atoms with van der Waals surface area (Å²) in [6.45, 7) is 4.99. The first-order valence-corrected chi connectivity index (χ1v) is 10.5. The lowest BCUT2D eigenvalue weighted by atomic mass is 10.1. The number of ether oxygens (including phenoxy) is 2. The average molecular weight is 424 g/mol. The first-order chi connectivity index (χ1) is 14.7. The molecule has 1 saturated heterocycles. The minimum absolute atomic E-state index is 0.365. The summed E-state index contributed by atoms with van der Waals surface area (Å²) in [6, 6.07) is 7.96. The number of thiophene rings is 1. The van der Waals surface area contributed by atoms with Gasteiger partial charge < -0.3 is 23.3 Å². The number of hydrogen-bond donors (Lipinski definition) is 0. The van der Waals surface area contributed by atoms with Crippen LogP contribution in [0.4, 0.5) is 5.69 Å². The van der Waals surface area contributed by atoms with Crippen molar-refractivity contribution in [2.24, 2.45) is 0 Å². The number of methoxy groups -OCH3 is 1. The Hall–Kier alpha value is -3.17. The van der Waals surface area contributed by atoms with Gasteiger partial charge in [-0.1, -0.05) is 5.16 Å². The van der Waals surface area contributed by atoms with Crippen molar-refractivity contribution < 1.29 is 18.4 Å². The highest BCUT2D eigenvalue weighted by Gasteiger charge is 2.24. The molecule has 154 valence electrons. The molecule has 3 aromatic heterocycles. The fraction of sp³-hybridized carbons (Fsp3) is 0.286. The summed E-state index contributed by atoms with van der Waals surface area (Å²) in [6.07, 6.45) is 0. The second-order valence-electron chi connectivity index (χ2n) is 6.87. The van der Waals surface area contributed by atoms with Gasteiger partial charge in [0.2, 0.25) is 0 Å². The number of aryl methyl sites for hydroxylation is 1. The van der Waals surface area contributed by atoms with E-state index in [1.807, 2.05) is 41.9 Å². The van der Waals surface area contributed by atoms with Gasteiger partial charge in [0.15, 0.2) is 0 Å². The second kappa shape index (κ2) is 7.92. The largest absolute Gasteiger partial charge is 0.496 e. The zero-order valence-electron chi connectivity index (χ0n) is 16.6. The summed E-state index contributed by atoms with van der Waals surface area (Å²) >= 11 is 1.59. The van der Waals surface area contributed by atoms with Crippen molar-refractivity contribution >= 4 is 17.0 Å². The standard InChI is InChI=1S/C21H20N4O4S/c1-13-18(19(24-29-13)14-5-10-30-12-14)21-23-22-20(28-21)16-4-3-15(11-17(16)26-2)25-6-8-27-9-7-25/h3-5,10-12H,6-9H2,1-2H3. The molecule has 5 rings (SSSR count). The van der Waals surface area contributed by atoms with E-state index in [4.69, 9.17) is 18.4 Å². The maximum absolute atomic E-state index is 6.03. The zero-order chi connectivity index (χ0) is 20.5. The number of hydrogen-bond acceptors (Lipinski definition) is 9. The van der Waals surface area contributed by atoms with Crippen molar-refractivity contribution in [1.29, 1.82) is 0 Å². The van der Waals surface area contributed by atoms with Crippen molar-refractivity contribution in [2.45, 2.75) is 6.92 Å². The monoisotopic (exact) mass is 424 g/mol. The van der Waals surface area contributed by atoms with Gasteiger partial charge in [-0.15, -0.1) is 10.2 Å². The SMILES string of the molecule is COc1cc(N2CCOCC2)ccc1-c1nnc(-c2c(-c3ccsc3)noc2C)o1. The van der Waals surface area contributed by atoms with E-state index >= 15 is 0 Å². The molecule has 4 aromatic rings. The third kappa shape index (κ3) is 3.35. The van der Waals surface area contributed by atoms with E-state index in [1.54, 1.807) is 18.4 Å². The van der Waals surface area contributed by atoms with Crippen LogP contribution in [0.2, 0.25) is 0 Å². The van der Waals surface area contributed by atoms with E-state index in [0.717, 1.165) is 43.1 Å². The van der Waals surface area contributed by atoms with Crippen LogP contribution in [0, 0.1) is 6.92 Å². The van der Waals surface area contributed by atoms with Crippen molar-refractivity contribution in [2.75, 3.05) is 38.3 Å². The number of rotatable bonds is 5. The molecule has 1 aliphatic heterocycles. The molecule has 1 aromatic carbocycles. The molecule has 1 fully saturated rings. The molecule has 0 spiro atoms. The van der Waals surface area contributed by atoms with Crippen LogP contribution in [0.1, 0.15) is 5.76 Å². The molecule has 0 amide bonds. The number of morpholine rings is 1. The summed E-state index contributed by atoms with van der Waals surface area (Å²) in [5, 5.41) is 16.7. The maximum atomic E-state index is 6.03. The summed E-state index contributed by atoms with van der Waals surface area (Å²) in [5.41, 5.74) is 4.17. The van der Waals surface area contributed by atoms with Crippen molar-refractivity contribution in [1.82, 2.24) is 15.4 Å². The fourth-order valence-corrected chi connectivity index (χ4v) is 4.17. The van der Waals surface area contributed by atoms with Crippen LogP contribution in [0.25, 0.3) is 34.2 Å². The predicted molar refractivity (Wildman–Crippen MR) is 113 cm³/mol. The third-order valence-corrected chi connectivity index (χ3v) is 5.77. The summed E-state index contributed by atoms with van der Waals surface area (Å²) < 4.78 is 22.5. The molecule has 9 heteroatoms. The van der Waals surface area contributed by atoms with E-state index in [0.29, 0.717) is 34.5 Å². The number of nitrogens with zero attached hydrogens (tertiary/aromatic N) is 4. The molecule has 0 N–H and O–H groups in total. The average Bonchev–Trinajstić information content (AvgIpc) is 3.54. The Morgan fingerprint density at radius 2 is 1.93 bits per heavy atom. The van der Waals surface area contributed by atoms with Gasteiger partial charge in [0, 0.05) is 35.8 Å². The van der Waals surface area contributed by atoms with Crippen LogP contribution < -0.4 is 9.64 Å². The topological polar surface area (TPSA) is 86.7 Å². The van der Waals surface area contributed by atoms with Crippen molar-refractivity contribution in [3.05, 3.63) is 40.8 Å². The first-order valence-electron chi connectivity index (χ1n) is 9.58. The van der Waals surface area contributed by atoms with Crippen molar-refractivity contribution in [3.8, 4) is 39.9 Å². The summed E-state index contributed by atoms with van der Waals surface area (Å²) in [4.78, 5) is 2.27. The zero-order valence-corrected chi connectivity index (χ0v) is 17.4. The number of aromatic nitrogens is 3. The molecule has 4 heterocycles. The molecular formula is C21H20N4O4S. The Morgan fingerprint density at radius 1 is 1.10 bits per heavy atom. The lowest BCUT2D eigenvalue weighted by Crippen LogP contribution is -2.36. The third-order valence-electron chi connectivity index (χ3n) is 5.09. The van der Waals surface area contributed by atoms with Gasteiger partial charge in [0.1, 0.15) is 22.8 Å². The maximum Gasteiger partial charge on any atom is 0.254 e. The molecule has 0 unspecified atom stereocenters. The second-order valence-corrected chi connectivity index (χ2v) is 7.65. The molecule has 0 aliphatic carbocycles. The molecule has 0 atom stereocenters. The van der Waals surface area contributed by atoms with Gasteiger partial charge in [-0.25, -0.2) is 0 Å². The number of benzene rings is 1. The van der Waals surface area contributed by atoms with Gasteiger partial charge in [-0.2, -0.15) is 11.3 Å². The van der Waals surface area contributed by atoms with Crippen LogP contribution in [0.5, 0.6) is 5.75 Å². The quantitative estimate of drug-likeness (QED) is 0.469. The number of anilines is 1. The minimum Gasteiger partial charge on any atom is -0.496 e.